The summed E-state index contributed by atoms with van der Waals surface area (Å²) in [7, 11) is 0. The fraction of sp³-hybridized carbons (Fsp3) is 0.778. The highest BCUT2D eigenvalue weighted by Crippen LogP contribution is 2.46. The van der Waals surface area contributed by atoms with Gasteiger partial charge in [0.15, 0.2) is 0 Å². The zero-order valence-electron chi connectivity index (χ0n) is 6.22. The van der Waals surface area contributed by atoms with Crippen LogP contribution in [0.5, 0.6) is 0 Å². The minimum Gasteiger partial charge on any atom is -0.0594 e. The highest BCUT2D eigenvalue weighted by atomic mass is 14.4. The monoisotopic (exact) mass is 122 g/mol. The fourth-order valence-corrected chi connectivity index (χ4v) is 1.38. The third-order valence-corrected chi connectivity index (χ3v) is 2.70. The van der Waals surface area contributed by atoms with Crippen LogP contribution < -0.4 is 0 Å². The predicted octanol–water partition coefficient (Wildman–Crippen LogP) is 2.46. The van der Waals surface area contributed by atoms with Crippen molar-refractivity contribution >= 4 is 0 Å². The van der Waals surface area contributed by atoms with E-state index < -0.39 is 0 Å². The molecule has 0 bridgehead atoms. The van der Waals surface area contributed by atoms with Gasteiger partial charge in [0.25, 0.3) is 0 Å². The summed E-state index contributed by atoms with van der Waals surface area (Å²) in [6, 6.07) is 0. The molecule has 50 valence electrons. The van der Waals surface area contributed by atoms with Crippen molar-refractivity contribution in [2.45, 2.75) is 26.7 Å². The second-order valence-corrected chi connectivity index (χ2v) is 3.61. The van der Waals surface area contributed by atoms with Gasteiger partial charge in [0.1, 0.15) is 0 Å². The molecule has 0 aliphatic heterocycles. The Labute approximate surface area is 58.7 Å². The van der Waals surface area contributed by atoms with Gasteiger partial charge >= 0.3 is 0 Å². The summed E-state index contributed by atoms with van der Waals surface area (Å²) in [5, 5.41) is 0. The Kier molecular flexibility index (Phi) is 1.58. The molecule has 0 aromatic carbocycles. The van der Waals surface area contributed by atoms with Crippen LogP contribution in [0.25, 0.3) is 0 Å². The quantitative estimate of drug-likeness (QED) is 0.463. The molecule has 1 aliphatic rings. The van der Waals surface area contributed by atoms with Crippen molar-refractivity contribution in [2.24, 2.45) is 17.3 Å². The summed E-state index contributed by atoms with van der Waals surface area (Å²) in [6.07, 6.45) is 2.18. The molecular weight excluding hydrogens is 108 g/mol. The maximum absolute atomic E-state index is 5.82. The van der Waals surface area contributed by atoms with Crippen LogP contribution in [0.3, 0.4) is 0 Å². The summed E-state index contributed by atoms with van der Waals surface area (Å²) in [5.74, 6) is 0.625. The average molecular weight is 122 g/mol. The SMILES string of the molecule is [CH]C1CCC([CH])C1(C)C. The topological polar surface area (TPSA) is 0 Å². The second-order valence-electron chi connectivity index (χ2n) is 3.61. The van der Waals surface area contributed by atoms with Gasteiger partial charge in [0, 0.05) is 0 Å². The van der Waals surface area contributed by atoms with Gasteiger partial charge in [-0.15, -0.1) is 0 Å². The van der Waals surface area contributed by atoms with E-state index in [1.165, 1.54) is 0 Å². The van der Waals surface area contributed by atoms with E-state index in [0.29, 0.717) is 11.8 Å². The molecule has 1 saturated carbocycles. The van der Waals surface area contributed by atoms with Crippen LogP contribution in [-0.4, -0.2) is 0 Å². The lowest BCUT2D eigenvalue weighted by Gasteiger charge is -2.27. The summed E-state index contributed by atoms with van der Waals surface area (Å²) in [6.45, 7) is 15.9. The fourth-order valence-electron chi connectivity index (χ4n) is 1.38. The van der Waals surface area contributed by atoms with E-state index >= 15 is 0 Å². The van der Waals surface area contributed by atoms with Crippen molar-refractivity contribution in [2.75, 3.05) is 0 Å². The Hall–Kier alpha value is 0. The van der Waals surface area contributed by atoms with Gasteiger partial charge < -0.3 is 0 Å². The lowest BCUT2D eigenvalue weighted by atomic mass is 9.77. The van der Waals surface area contributed by atoms with Crippen molar-refractivity contribution < 1.29 is 0 Å². The average Bonchev–Trinajstić information content (AvgIpc) is 1.96. The Morgan fingerprint density at radius 2 is 1.44 bits per heavy atom. The first-order valence-electron chi connectivity index (χ1n) is 3.56. The Bertz CT molecular complexity index is 90.6. The largest absolute Gasteiger partial charge is 0.0594 e. The molecule has 0 heteroatoms. The van der Waals surface area contributed by atoms with Crippen molar-refractivity contribution in [1.29, 1.82) is 0 Å². The normalized spacial score (nSPS) is 41.3. The minimum absolute atomic E-state index is 0.167. The molecule has 0 aromatic heterocycles. The van der Waals surface area contributed by atoms with Crippen LogP contribution >= 0.6 is 0 Å². The van der Waals surface area contributed by atoms with Gasteiger partial charge in [0.05, 0.1) is 0 Å². The summed E-state index contributed by atoms with van der Waals surface area (Å²) < 4.78 is 0. The molecule has 0 saturated heterocycles. The Morgan fingerprint density at radius 3 is 1.56 bits per heavy atom. The molecule has 1 fully saturated rings. The molecule has 0 nitrogen and oxygen atoms in total. The zero-order chi connectivity index (χ0) is 7.07. The van der Waals surface area contributed by atoms with Crippen molar-refractivity contribution in [1.82, 2.24) is 0 Å². The molecule has 0 N–H and O–H groups in total. The number of rotatable bonds is 0. The van der Waals surface area contributed by atoms with Gasteiger partial charge in [-0.3, -0.25) is 0 Å². The van der Waals surface area contributed by atoms with Crippen LogP contribution in [0.4, 0.5) is 0 Å². The van der Waals surface area contributed by atoms with E-state index in [-0.39, 0.29) is 5.41 Å². The Morgan fingerprint density at radius 1 is 1.11 bits per heavy atom. The standard InChI is InChI=1S/C9H14/c1-7-5-6-8(2)9(7,3)4/h1-2,7-8H,5-6H2,3-4H3. The summed E-state index contributed by atoms with van der Waals surface area (Å²) >= 11 is 0. The molecule has 0 amide bonds. The first-order valence-corrected chi connectivity index (χ1v) is 3.56. The molecule has 0 aromatic rings. The van der Waals surface area contributed by atoms with Gasteiger partial charge in [-0.25, -0.2) is 0 Å². The van der Waals surface area contributed by atoms with Crippen LogP contribution in [0, 0.1) is 31.1 Å². The maximum Gasteiger partial charge on any atom is -0.0292 e. The molecule has 1 aliphatic carbocycles. The first-order chi connectivity index (χ1) is 4.05. The Balaban J connectivity index is 2.66. The minimum atomic E-state index is 0.167. The third kappa shape index (κ3) is 0.997. The molecule has 4 radical (unpaired) electrons. The lowest BCUT2D eigenvalue weighted by molar-refractivity contribution is 0.250. The van der Waals surface area contributed by atoms with Crippen LogP contribution in [0.1, 0.15) is 26.7 Å². The third-order valence-electron chi connectivity index (χ3n) is 2.70. The van der Waals surface area contributed by atoms with E-state index in [0.717, 1.165) is 12.8 Å². The number of hydrogen-bond donors (Lipinski definition) is 0. The van der Waals surface area contributed by atoms with E-state index in [1.54, 1.807) is 0 Å². The van der Waals surface area contributed by atoms with E-state index in [2.05, 4.69) is 13.8 Å². The first kappa shape index (κ1) is 7.11. The lowest BCUT2D eigenvalue weighted by Crippen LogP contribution is -2.21. The number of hydrogen-bond acceptors (Lipinski definition) is 0. The highest BCUT2D eigenvalue weighted by Gasteiger charge is 2.37. The smallest absolute Gasteiger partial charge is 0.0292 e. The second kappa shape index (κ2) is 2.00. The zero-order valence-corrected chi connectivity index (χ0v) is 6.22. The van der Waals surface area contributed by atoms with E-state index in [1.807, 2.05) is 0 Å². The van der Waals surface area contributed by atoms with Crippen LogP contribution in [0.2, 0.25) is 0 Å². The predicted molar refractivity (Wildman–Crippen MR) is 38.6 cm³/mol. The van der Waals surface area contributed by atoms with E-state index in [9.17, 15) is 0 Å². The summed E-state index contributed by atoms with van der Waals surface area (Å²) in [4.78, 5) is 0. The molecular formula is C9H14. The van der Waals surface area contributed by atoms with Gasteiger partial charge in [-0.2, -0.15) is 0 Å². The molecule has 2 atom stereocenters. The molecule has 2 unspecified atom stereocenters. The molecule has 0 heterocycles. The van der Waals surface area contributed by atoms with Crippen molar-refractivity contribution in [3.63, 3.8) is 0 Å². The van der Waals surface area contributed by atoms with Gasteiger partial charge in [-0.1, -0.05) is 13.8 Å². The van der Waals surface area contributed by atoms with E-state index in [4.69, 9.17) is 13.8 Å². The van der Waals surface area contributed by atoms with Crippen molar-refractivity contribution in [3.8, 4) is 0 Å². The van der Waals surface area contributed by atoms with Crippen LogP contribution in [0.15, 0.2) is 0 Å². The van der Waals surface area contributed by atoms with Gasteiger partial charge in [-0.05, 0) is 43.9 Å². The van der Waals surface area contributed by atoms with Crippen molar-refractivity contribution in [3.05, 3.63) is 13.8 Å². The maximum atomic E-state index is 5.82. The molecule has 1 rings (SSSR count). The van der Waals surface area contributed by atoms with Crippen LogP contribution in [-0.2, 0) is 0 Å². The molecule has 9 heavy (non-hydrogen) atoms. The molecule has 0 spiro atoms. The highest BCUT2D eigenvalue weighted by molar-refractivity contribution is 4.93. The van der Waals surface area contributed by atoms with Gasteiger partial charge in [0.2, 0.25) is 0 Å². The summed E-state index contributed by atoms with van der Waals surface area (Å²) in [5.41, 5.74) is 0.167.